The van der Waals surface area contributed by atoms with Crippen molar-refractivity contribution in [3.05, 3.63) is 0 Å². The van der Waals surface area contributed by atoms with Crippen LogP contribution in [0.5, 0.6) is 0 Å². The second-order valence-electron chi connectivity index (χ2n) is 6.59. The zero-order valence-corrected chi connectivity index (χ0v) is 13.7. The number of aliphatic hydroxyl groups is 1. The molecular formula is C14H26N2O4S. The van der Waals surface area contributed by atoms with E-state index in [0.717, 1.165) is 38.4 Å². The molecule has 0 radical (unpaired) electrons. The van der Waals surface area contributed by atoms with Crippen LogP contribution in [-0.2, 0) is 14.8 Å². The highest BCUT2D eigenvalue weighted by atomic mass is 32.2. The second kappa shape index (κ2) is 6.22. The maximum atomic E-state index is 12.6. The molecule has 1 N–H and O–H groups in total. The van der Waals surface area contributed by atoms with Crippen molar-refractivity contribution in [2.45, 2.75) is 44.6 Å². The van der Waals surface area contributed by atoms with Crippen LogP contribution >= 0.6 is 0 Å². The van der Waals surface area contributed by atoms with E-state index in [1.54, 1.807) is 11.9 Å². The maximum absolute atomic E-state index is 12.6. The molecule has 0 aromatic carbocycles. The fraction of sp³-hybridized carbons (Fsp3) is 0.929. The summed E-state index contributed by atoms with van der Waals surface area (Å²) in [4.78, 5) is 14.2. The minimum atomic E-state index is -3.34. The molecule has 0 spiro atoms. The van der Waals surface area contributed by atoms with Crippen LogP contribution in [0.4, 0.5) is 0 Å². The molecule has 6 nitrogen and oxygen atoms in total. The molecule has 2 fully saturated rings. The molecule has 122 valence electrons. The topological polar surface area (TPSA) is 77.9 Å². The Morgan fingerprint density at radius 1 is 1.33 bits per heavy atom. The Labute approximate surface area is 127 Å². The molecule has 1 amide bonds. The van der Waals surface area contributed by atoms with Crippen molar-refractivity contribution < 1.29 is 18.3 Å². The number of amides is 1. The van der Waals surface area contributed by atoms with Crippen LogP contribution in [0.15, 0.2) is 0 Å². The van der Waals surface area contributed by atoms with E-state index < -0.39 is 16.1 Å². The normalized spacial score (nSPS) is 26.1. The van der Waals surface area contributed by atoms with Gasteiger partial charge < -0.3 is 10.0 Å². The molecule has 1 saturated heterocycles. The number of carbonyl (C=O) groups excluding carboxylic acids is 1. The predicted molar refractivity (Wildman–Crippen MR) is 80.2 cm³/mol. The van der Waals surface area contributed by atoms with Crippen LogP contribution in [0.2, 0.25) is 0 Å². The first-order valence-corrected chi connectivity index (χ1v) is 9.47. The van der Waals surface area contributed by atoms with Crippen LogP contribution in [0.3, 0.4) is 0 Å². The van der Waals surface area contributed by atoms with E-state index in [9.17, 15) is 18.3 Å². The summed E-state index contributed by atoms with van der Waals surface area (Å²) in [7, 11) is -1.62. The Morgan fingerprint density at radius 3 is 2.48 bits per heavy atom. The quantitative estimate of drug-likeness (QED) is 0.797. The lowest BCUT2D eigenvalue weighted by atomic mass is 9.86. The third kappa shape index (κ3) is 3.57. The Kier molecular flexibility index (Phi) is 4.95. The number of rotatable bonds is 5. The molecule has 7 heteroatoms. The van der Waals surface area contributed by atoms with Gasteiger partial charge in [-0.15, -0.1) is 0 Å². The van der Waals surface area contributed by atoms with E-state index >= 15 is 0 Å². The molecule has 0 aromatic rings. The monoisotopic (exact) mass is 318 g/mol. The van der Waals surface area contributed by atoms with Gasteiger partial charge in [-0.3, -0.25) is 4.79 Å². The summed E-state index contributed by atoms with van der Waals surface area (Å²) < 4.78 is 24.8. The number of aliphatic hydroxyl groups excluding tert-OH is 1. The first-order chi connectivity index (χ1) is 9.79. The third-order valence-electron chi connectivity index (χ3n) is 4.86. The predicted octanol–water partition coefficient (Wildman–Crippen LogP) is 0.421. The van der Waals surface area contributed by atoms with Crippen molar-refractivity contribution in [1.29, 1.82) is 0 Å². The van der Waals surface area contributed by atoms with E-state index in [1.807, 2.05) is 0 Å². The number of hydrogen-bond acceptors (Lipinski definition) is 4. The molecule has 21 heavy (non-hydrogen) atoms. The van der Waals surface area contributed by atoms with E-state index in [2.05, 4.69) is 0 Å². The first kappa shape index (κ1) is 16.7. The van der Waals surface area contributed by atoms with Crippen LogP contribution in [0.25, 0.3) is 0 Å². The van der Waals surface area contributed by atoms with Gasteiger partial charge in [-0.25, -0.2) is 8.42 Å². The molecule has 1 atom stereocenters. The molecule has 1 heterocycles. The second-order valence-corrected chi connectivity index (χ2v) is 8.53. The van der Waals surface area contributed by atoms with Crippen LogP contribution in [0.1, 0.15) is 38.5 Å². The first-order valence-electron chi connectivity index (χ1n) is 7.62. The van der Waals surface area contributed by atoms with E-state index in [1.165, 1.54) is 4.31 Å². The lowest BCUT2D eigenvalue weighted by molar-refractivity contribution is -0.135. The number of hydrogen-bond donors (Lipinski definition) is 1. The molecule has 1 aliphatic heterocycles. The average Bonchev–Trinajstić information content (AvgIpc) is 3.06. The van der Waals surface area contributed by atoms with Crippen molar-refractivity contribution in [3.63, 3.8) is 0 Å². The largest absolute Gasteiger partial charge is 0.396 e. The van der Waals surface area contributed by atoms with Gasteiger partial charge in [-0.05, 0) is 25.7 Å². The molecule has 2 aliphatic rings. The van der Waals surface area contributed by atoms with Gasteiger partial charge in [0.15, 0.2) is 0 Å². The Hall–Kier alpha value is -0.660. The van der Waals surface area contributed by atoms with Crippen LogP contribution in [-0.4, -0.2) is 67.7 Å². The van der Waals surface area contributed by atoms with Gasteiger partial charge in [0.2, 0.25) is 15.9 Å². The van der Waals surface area contributed by atoms with Crippen LogP contribution < -0.4 is 0 Å². The molecule has 1 unspecified atom stereocenters. The SMILES string of the molecule is CN(CC1(CO)CCCC1)C(=O)C1CCCN1S(C)(=O)=O. The van der Waals surface area contributed by atoms with Crippen molar-refractivity contribution in [3.8, 4) is 0 Å². The van der Waals surface area contributed by atoms with E-state index in [4.69, 9.17) is 0 Å². The number of sulfonamides is 1. The van der Waals surface area contributed by atoms with Gasteiger partial charge >= 0.3 is 0 Å². The number of nitrogens with zero attached hydrogens (tertiary/aromatic N) is 2. The summed E-state index contributed by atoms with van der Waals surface area (Å²) >= 11 is 0. The Bertz CT molecular complexity index is 485. The van der Waals surface area contributed by atoms with E-state index in [-0.39, 0.29) is 17.9 Å². The van der Waals surface area contributed by atoms with Crippen molar-refractivity contribution >= 4 is 15.9 Å². The molecule has 0 bridgehead atoms. The third-order valence-corrected chi connectivity index (χ3v) is 6.15. The highest BCUT2D eigenvalue weighted by Gasteiger charge is 2.41. The van der Waals surface area contributed by atoms with Gasteiger partial charge in [0, 0.05) is 25.6 Å². The minimum absolute atomic E-state index is 0.0884. The van der Waals surface area contributed by atoms with Crippen LogP contribution in [0, 0.1) is 5.41 Å². The van der Waals surface area contributed by atoms with Gasteiger partial charge in [-0.1, -0.05) is 12.8 Å². The van der Waals surface area contributed by atoms with Crippen molar-refractivity contribution in [1.82, 2.24) is 9.21 Å². The summed E-state index contributed by atoms with van der Waals surface area (Å²) in [6, 6.07) is -0.567. The van der Waals surface area contributed by atoms with Crippen molar-refractivity contribution in [2.24, 2.45) is 5.41 Å². The highest BCUT2D eigenvalue weighted by molar-refractivity contribution is 7.88. The van der Waals surface area contributed by atoms with Gasteiger partial charge in [-0.2, -0.15) is 4.31 Å². The number of likely N-dealkylation sites (N-methyl/N-ethyl adjacent to an activating group) is 1. The summed E-state index contributed by atoms with van der Waals surface area (Å²) in [5.41, 5.74) is -0.196. The summed E-state index contributed by atoms with van der Waals surface area (Å²) in [6.45, 7) is 1.02. The summed E-state index contributed by atoms with van der Waals surface area (Å²) in [5.74, 6) is -0.141. The van der Waals surface area contributed by atoms with Gasteiger partial charge in [0.1, 0.15) is 6.04 Å². The standard InChI is InChI=1S/C14H26N2O4S/c1-15(10-14(11-17)7-3-4-8-14)13(18)12-6-5-9-16(12)21(2,19)20/h12,17H,3-11H2,1-2H3. The molecule has 1 saturated carbocycles. The zero-order chi connectivity index (χ0) is 15.7. The zero-order valence-electron chi connectivity index (χ0n) is 12.9. The Morgan fingerprint density at radius 2 is 1.95 bits per heavy atom. The van der Waals surface area contributed by atoms with E-state index in [0.29, 0.717) is 19.5 Å². The summed E-state index contributed by atoms with van der Waals surface area (Å²) in [6.07, 6.45) is 6.50. The fourth-order valence-electron chi connectivity index (χ4n) is 3.71. The number of carbonyl (C=O) groups is 1. The molecule has 0 aromatic heterocycles. The molecule has 2 rings (SSSR count). The lowest BCUT2D eigenvalue weighted by Crippen LogP contribution is -2.49. The fourth-order valence-corrected chi connectivity index (χ4v) is 4.83. The Balaban J connectivity index is 2.05. The maximum Gasteiger partial charge on any atom is 0.240 e. The molecular weight excluding hydrogens is 292 g/mol. The van der Waals surface area contributed by atoms with Gasteiger partial charge in [0.25, 0.3) is 0 Å². The average molecular weight is 318 g/mol. The highest BCUT2D eigenvalue weighted by Crippen LogP contribution is 2.38. The lowest BCUT2D eigenvalue weighted by Gasteiger charge is -2.34. The van der Waals surface area contributed by atoms with Gasteiger partial charge in [0.05, 0.1) is 12.9 Å². The van der Waals surface area contributed by atoms with Crippen molar-refractivity contribution in [2.75, 3.05) is 33.0 Å². The summed E-state index contributed by atoms with van der Waals surface area (Å²) in [5, 5.41) is 9.65. The minimum Gasteiger partial charge on any atom is -0.396 e. The smallest absolute Gasteiger partial charge is 0.240 e. The molecule has 1 aliphatic carbocycles.